The second-order valence-corrected chi connectivity index (χ2v) is 5.77. The Morgan fingerprint density at radius 2 is 1.75 bits per heavy atom. The van der Waals surface area contributed by atoms with Gasteiger partial charge in [-0.15, -0.1) is 0 Å². The Labute approximate surface area is 142 Å². The summed E-state index contributed by atoms with van der Waals surface area (Å²) in [6.07, 6.45) is 3.63. The first-order valence-corrected chi connectivity index (χ1v) is 8.10. The number of nitrogens with zero attached hydrogens (tertiary/aromatic N) is 2. The van der Waals surface area contributed by atoms with Crippen LogP contribution in [0.4, 0.5) is 11.5 Å². The van der Waals surface area contributed by atoms with Crippen LogP contribution in [0.15, 0.2) is 42.6 Å². The molecule has 2 rings (SSSR count). The first-order chi connectivity index (χ1) is 11.5. The van der Waals surface area contributed by atoms with Gasteiger partial charge < -0.3 is 10.2 Å². The van der Waals surface area contributed by atoms with Crippen LogP contribution in [-0.2, 0) is 0 Å². The molecule has 1 heterocycles. The van der Waals surface area contributed by atoms with E-state index >= 15 is 0 Å². The Morgan fingerprint density at radius 1 is 1.08 bits per heavy atom. The third kappa shape index (κ3) is 4.65. The number of carbonyl (C=O) groups excluding carboxylic acids is 2. The fourth-order valence-electron chi connectivity index (χ4n) is 2.25. The summed E-state index contributed by atoms with van der Waals surface area (Å²) in [5.74, 6) is 0.668. The zero-order chi connectivity index (χ0) is 17.5. The van der Waals surface area contributed by atoms with Crippen molar-refractivity contribution in [2.24, 2.45) is 0 Å². The molecule has 0 unspecified atom stereocenters. The smallest absolute Gasteiger partial charge is 0.255 e. The molecule has 24 heavy (non-hydrogen) atoms. The maximum absolute atomic E-state index is 12.3. The van der Waals surface area contributed by atoms with E-state index in [2.05, 4.69) is 17.2 Å². The van der Waals surface area contributed by atoms with Crippen LogP contribution in [0.25, 0.3) is 0 Å². The van der Waals surface area contributed by atoms with Crippen molar-refractivity contribution in [2.45, 2.75) is 26.7 Å². The van der Waals surface area contributed by atoms with Gasteiger partial charge in [-0.2, -0.15) is 0 Å². The Bertz CT molecular complexity index is 694. The second-order valence-electron chi connectivity index (χ2n) is 5.77. The molecule has 0 spiro atoms. The van der Waals surface area contributed by atoms with Gasteiger partial charge in [0.2, 0.25) is 0 Å². The quantitative estimate of drug-likeness (QED) is 0.784. The summed E-state index contributed by atoms with van der Waals surface area (Å²) in [5, 5.41) is 3.15. The van der Waals surface area contributed by atoms with Crippen molar-refractivity contribution in [2.75, 3.05) is 18.9 Å². The number of benzene rings is 1. The first kappa shape index (κ1) is 17.7. The minimum absolute atomic E-state index is 0.0201. The zero-order valence-corrected chi connectivity index (χ0v) is 14.4. The largest absolute Gasteiger partial charge is 0.342 e. The summed E-state index contributed by atoms with van der Waals surface area (Å²) in [7, 11) is 1.81. The molecule has 1 aromatic heterocycles. The van der Waals surface area contributed by atoms with E-state index in [1.807, 2.05) is 12.1 Å². The van der Waals surface area contributed by atoms with Gasteiger partial charge in [0, 0.05) is 31.0 Å². The number of hydrogen-bond donors (Lipinski definition) is 1. The van der Waals surface area contributed by atoms with Crippen LogP contribution in [-0.4, -0.2) is 35.2 Å². The van der Waals surface area contributed by atoms with Crippen molar-refractivity contribution >= 4 is 23.2 Å². The number of Topliss-reactive ketones (excluding diaryl/α,β-unsaturated/α-hetero) is 1. The van der Waals surface area contributed by atoms with Crippen LogP contribution in [0.2, 0.25) is 0 Å². The van der Waals surface area contributed by atoms with E-state index in [0.717, 1.165) is 25.1 Å². The lowest BCUT2D eigenvalue weighted by Gasteiger charge is -2.16. The maximum atomic E-state index is 12.3. The Morgan fingerprint density at radius 3 is 2.29 bits per heavy atom. The highest BCUT2D eigenvalue weighted by Gasteiger charge is 2.11. The zero-order valence-electron chi connectivity index (χ0n) is 14.4. The fourth-order valence-corrected chi connectivity index (χ4v) is 2.25. The number of carbonyl (C=O) groups is 2. The van der Waals surface area contributed by atoms with Crippen molar-refractivity contribution in [3.63, 3.8) is 0 Å². The third-order valence-corrected chi connectivity index (χ3v) is 3.77. The van der Waals surface area contributed by atoms with Crippen LogP contribution in [0.1, 0.15) is 47.4 Å². The van der Waals surface area contributed by atoms with Crippen molar-refractivity contribution in [1.29, 1.82) is 0 Å². The number of unbranched alkanes of at least 4 members (excludes halogenated alkanes) is 1. The number of ketones is 1. The minimum atomic E-state index is -0.0201. The van der Waals surface area contributed by atoms with E-state index < -0.39 is 0 Å². The van der Waals surface area contributed by atoms with E-state index in [9.17, 15) is 9.59 Å². The Balaban J connectivity index is 2.01. The van der Waals surface area contributed by atoms with Gasteiger partial charge >= 0.3 is 0 Å². The van der Waals surface area contributed by atoms with Crippen molar-refractivity contribution in [3.8, 4) is 0 Å². The number of aromatic nitrogens is 1. The molecule has 0 saturated heterocycles. The number of hydrogen-bond acceptors (Lipinski definition) is 4. The fraction of sp³-hybridized carbons (Fsp3) is 0.316. The first-order valence-electron chi connectivity index (χ1n) is 8.10. The average molecular weight is 325 g/mol. The highest BCUT2D eigenvalue weighted by molar-refractivity contribution is 5.94. The van der Waals surface area contributed by atoms with Gasteiger partial charge in [-0.1, -0.05) is 13.3 Å². The molecular weight excluding hydrogens is 302 g/mol. The second kappa shape index (κ2) is 8.24. The molecule has 1 aromatic carbocycles. The number of anilines is 2. The summed E-state index contributed by atoms with van der Waals surface area (Å²) in [6.45, 7) is 4.39. The van der Waals surface area contributed by atoms with Crippen molar-refractivity contribution in [1.82, 2.24) is 9.88 Å². The van der Waals surface area contributed by atoms with Gasteiger partial charge in [0.25, 0.3) is 5.91 Å². The average Bonchev–Trinajstić information content (AvgIpc) is 2.60. The molecule has 2 aromatic rings. The SMILES string of the molecule is CCCCN(C)C(=O)c1ccc(Nc2ccc(C(C)=O)cc2)nc1. The topological polar surface area (TPSA) is 62.3 Å². The van der Waals surface area contributed by atoms with Gasteiger partial charge in [0.05, 0.1) is 5.56 Å². The van der Waals surface area contributed by atoms with Crippen LogP contribution >= 0.6 is 0 Å². The van der Waals surface area contributed by atoms with E-state index in [1.165, 1.54) is 6.92 Å². The molecule has 0 saturated carbocycles. The summed E-state index contributed by atoms with van der Waals surface area (Å²) in [4.78, 5) is 29.5. The normalized spacial score (nSPS) is 10.3. The molecular formula is C19H23N3O2. The molecule has 0 aliphatic heterocycles. The third-order valence-electron chi connectivity index (χ3n) is 3.77. The molecule has 0 radical (unpaired) electrons. The Kier molecular flexibility index (Phi) is 6.07. The number of rotatable bonds is 7. The van der Waals surface area contributed by atoms with Crippen molar-refractivity contribution < 1.29 is 9.59 Å². The van der Waals surface area contributed by atoms with E-state index in [0.29, 0.717) is 16.9 Å². The molecule has 1 N–H and O–H groups in total. The number of amides is 1. The summed E-state index contributed by atoms with van der Waals surface area (Å²) in [5.41, 5.74) is 2.09. The lowest BCUT2D eigenvalue weighted by atomic mass is 10.1. The highest BCUT2D eigenvalue weighted by atomic mass is 16.2. The van der Waals surface area contributed by atoms with Gasteiger partial charge in [-0.3, -0.25) is 9.59 Å². The standard InChI is InChI=1S/C19H23N3O2/c1-4-5-12-22(3)19(24)16-8-11-18(20-13-16)21-17-9-6-15(7-10-17)14(2)23/h6-11,13H,4-5,12H2,1-3H3,(H,20,21). The lowest BCUT2D eigenvalue weighted by Crippen LogP contribution is -2.27. The molecule has 5 nitrogen and oxygen atoms in total. The van der Waals surface area contributed by atoms with Gasteiger partial charge in [0.15, 0.2) is 5.78 Å². The predicted octanol–water partition coefficient (Wildman–Crippen LogP) is 3.90. The van der Waals surface area contributed by atoms with Crippen LogP contribution in [0.5, 0.6) is 0 Å². The summed E-state index contributed by atoms with van der Waals surface area (Å²) < 4.78 is 0. The molecule has 0 aliphatic rings. The van der Waals surface area contributed by atoms with Crippen molar-refractivity contribution in [3.05, 3.63) is 53.7 Å². The van der Waals surface area contributed by atoms with E-state index in [1.54, 1.807) is 42.4 Å². The monoisotopic (exact) mass is 325 g/mol. The molecule has 1 amide bonds. The number of nitrogens with one attached hydrogen (secondary N) is 1. The summed E-state index contributed by atoms with van der Waals surface area (Å²) in [6, 6.07) is 10.7. The van der Waals surface area contributed by atoms with Crippen LogP contribution < -0.4 is 5.32 Å². The van der Waals surface area contributed by atoms with Crippen LogP contribution in [0.3, 0.4) is 0 Å². The van der Waals surface area contributed by atoms with E-state index in [-0.39, 0.29) is 11.7 Å². The molecule has 5 heteroatoms. The summed E-state index contributed by atoms with van der Waals surface area (Å²) >= 11 is 0. The van der Waals surface area contributed by atoms with Crippen LogP contribution in [0, 0.1) is 0 Å². The van der Waals surface area contributed by atoms with Gasteiger partial charge in [-0.25, -0.2) is 4.98 Å². The molecule has 0 bridgehead atoms. The minimum Gasteiger partial charge on any atom is -0.342 e. The number of pyridine rings is 1. The lowest BCUT2D eigenvalue weighted by molar-refractivity contribution is 0.0792. The van der Waals surface area contributed by atoms with E-state index in [4.69, 9.17) is 0 Å². The molecule has 0 fully saturated rings. The van der Waals surface area contributed by atoms with Gasteiger partial charge in [0.1, 0.15) is 5.82 Å². The molecule has 0 atom stereocenters. The maximum Gasteiger partial charge on any atom is 0.255 e. The highest BCUT2D eigenvalue weighted by Crippen LogP contribution is 2.16. The molecule has 0 aliphatic carbocycles. The Hall–Kier alpha value is -2.69. The predicted molar refractivity (Wildman–Crippen MR) is 95.8 cm³/mol. The molecule has 126 valence electrons. The van der Waals surface area contributed by atoms with Gasteiger partial charge in [-0.05, 0) is 49.7 Å².